The van der Waals surface area contributed by atoms with E-state index in [2.05, 4.69) is 231 Å². The number of benzene rings is 10. The van der Waals surface area contributed by atoms with Gasteiger partial charge in [-0.05, 0) is 78.4 Å². The number of rotatable bonds is 8. The van der Waals surface area contributed by atoms with Crippen LogP contribution in [0.3, 0.4) is 0 Å². The van der Waals surface area contributed by atoms with Crippen LogP contribution in [0.5, 0.6) is 0 Å². The minimum atomic E-state index is -3.22. The summed E-state index contributed by atoms with van der Waals surface area (Å²) in [6.45, 7) is 0. The second-order valence-electron chi connectivity index (χ2n) is 16.4. The molecule has 0 N–H and O–H groups in total. The lowest BCUT2D eigenvalue weighted by molar-refractivity contribution is 0.669. The Morgan fingerprint density at radius 2 is 0.587 bits per heavy atom. The van der Waals surface area contributed by atoms with Gasteiger partial charge in [-0.3, -0.25) is 0 Å². The van der Waals surface area contributed by atoms with Gasteiger partial charge < -0.3 is 8.83 Å². The Bertz CT molecular complexity index is 3360. The molecule has 63 heavy (non-hydrogen) atoms. The standard InChI is InChI=1S/C60H40O2Si/c1-5-19-41(20-6-1)43-35-45(51-29-17-31-55-53-27-13-15-33-57(53)61-59(51)55)39-49(37-43)63(47-23-9-3-10-24-47,48-25-11-4-12-26-48)50-38-44(42-21-7-2-8-22-42)36-46(40-50)52-30-18-32-56-54-28-14-16-34-58(54)62-60(52)56/h1-40H. The first-order chi connectivity index (χ1) is 31.2. The molecule has 0 bridgehead atoms. The number of hydrogen-bond acceptors (Lipinski definition) is 2. The van der Waals surface area contributed by atoms with E-state index in [-0.39, 0.29) is 0 Å². The fourth-order valence-electron chi connectivity index (χ4n) is 9.92. The van der Waals surface area contributed by atoms with E-state index in [4.69, 9.17) is 8.83 Å². The van der Waals surface area contributed by atoms with Crippen LogP contribution in [0.25, 0.3) is 88.4 Å². The van der Waals surface area contributed by atoms with E-state index in [0.717, 1.165) is 88.4 Å². The molecule has 0 aliphatic heterocycles. The molecule has 0 amide bonds. The van der Waals surface area contributed by atoms with Gasteiger partial charge in [0.25, 0.3) is 0 Å². The van der Waals surface area contributed by atoms with Crippen molar-refractivity contribution in [3.8, 4) is 44.5 Å². The molecular weight excluding hydrogens is 781 g/mol. The van der Waals surface area contributed by atoms with Gasteiger partial charge >= 0.3 is 0 Å². The molecule has 12 aromatic rings. The van der Waals surface area contributed by atoms with Crippen LogP contribution >= 0.6 is 0 Å². The molecule has 0 atom stereocenters. The van der Waals surface area contributed by atoms with E-state index in [0.29, 0.717) is 0 Å². The predicted octanol–water partition coefficient (Wildman–Crippen LogP) is 13.5. The van der Waals surface area contributed by atoms with Crippen LogP contribution < -0.4 is 20.7 Å². The lowest BCUT2D eigenvalue weighted by Crippen LogP contribution is -2.74. The van der Waals surface area contributed by atoms with Gasteiger partial charge in [0, 0.05) is 32.7 Å². The fraction of sp³-hybridized carbons (Fsp3) is 0. The van der Waals surface area contributed by atoms with Crippen molar-refractivity contribution in [1.82, 2.24) is 0 Å². The molecule has 0 radical (unpaired) electrons. The molecule has 2 heterocycles. The first kappa shape index (κ1) is 36.8. The third kappa shape index (κ3) is 6.16. The molecular formula is C60H40O2Si. The Balaban J connectivity index is 1.22. The molecule has 0 unspecified atom stereocenters. The zero-order valence-electron chi connectivity index (χ0n) is 34.4. The lowest BCUT2D eigenvalue weighted by atomic mass is 9.97. The topological polar surface area (TPSA) is 26.3 Å². The number of hydrogen-bond donors (Lipinski definition) is 0. The molecule has 12 rings (SSSR count). The van der Waals surface area contributed by atoms with Gasteiger partial charge in [0.15, 0.2) is 8.07 Å². The van der Waals surface area contributed by atoms with Gasteiger partial charge in [0.05, 0.1) is 0 Å². The summed E-state index contributed by atoms with van der Waals surface area (Å²) in [5.41, 5.74) is 12.6. The lowest BCUT2D eigenvalue weighted by Gasteiger charge is -2.36. The van der Waals surface area contributed by atoms with E-state index < -0.39 is 8.07 Å². The fourth-order valence-corrected chi connectivity index (χ4v) is 14.8. The summed E-state index contributed by atoms with van der Waals surface area (Å²) in [5, 5.41) is 9.63. The van der Waals surface area contributed by atoms with Crippen LogP contribution in [0, 0.1) is 0 Å². The summed E-state index contributed by atoms with van der Waals surface area (Å²) in [6.07, 6.45) is 0. The van der Waals surface area contributed by atoms with Crippen LogP contribution in [0.15, 0.2) is 251 Å². The highest BCUT2D eigenvalue weighted by Crippen LogP contribution is 2.39. The summed E-state index contributed by atoms with van der Waals surface area (Å²) < 4.78 is 13.5. The normalized spacial score (nSPS) is 11.8. The second-order valence-corrected chi connectivity index (χ2v) is 20.2. The first-order valence-electron chi connectivity index (χ1n) is 21.6. The molecule has 0 fully saturated rings. The van der Waals surface area contributed by atoms with Crippen LogP contribution in [0.2, 0.25) is 0 Å². The van der Waals surface area contributed by atoms with E-state index >= 15 is 0 Å². The van der Waals surface area contributed by atoms with Gasteiger partial charge in [0.2, 0.25) is 0 Å². The van der Waals surface area contributed by atoms with Crippen molar-refractivity contribution >= 4 is 72.7 Å². The average molecular weight is 821 g/mol. The van der Waals surface area contributed by atoms with Crippen LogP contribution in [0.1, 0.15) is 0 Å². The highest BCUT2D eigenvalue weighted by molar-refractivity contribution is 7.20. The molecule has 0 aliphatic rings. The van der Waals surface area contributed by atoms with Crippen LogP contribution in [-0.4, -0.2) is 8.07 Å². The molecule has 3 heteroatoms. The van der Waals surface area contributed by atoms with Gasteiger partial charge in [-0.1, -0.05) is 218 Å². The number of furan rings is 2. The largest absolute Gasteiger partial charge is 0.455 e. The zero-order valence-corrected chi connectivity index (χ0v) is 35.4. The van der Waals surface area contributed by atoms with Crippen LogP contribution in [-0.2, 0) is 0 Å². The number of para-hydroxylation sites is 4. The Labute approximate surface area is 367 Å². The van der Waals surface area contributed by atoms with Crippen molar-refractivity contribution in [2.24, 2.45) is 0 Å². The van der Waals surface area contributed by atoms with Gasteiger partial charge in [-0.15, -0.1) is 0 Å². The Kier molecular flexibility index (Phi) is 8.87. The quantitative estimate of drug-likeness (QED) is 0.113. The maximum Gasteiger partial charge on any atom is 0.179 e. The Morgan fingerprint density at radius 3 is 1.02 bits per heavy atom. The molecule has 10 aromatic carbocycles. The molecule has 0 saturated heterocycles. The minimum absolute atomic E-state index is 0.890. The molecule has 0 saturated carbocycles. The third-order valence-electron chi connectivity index (χ3n) is 12.8. The van der Waals surface area contributed by atoms with E-state index in [1.165, 1.54) is 20.7 Å². The molecule has 0 aliphatic carbocycles. The van der Waals surface area contributed by atoms with Gasteiger partial charge in [-0.25, -0.2) is 0 Å². The second kappa shape index (κ2) is 15.2. The average Bonchev–Trinajstić information content (AvgIpc) is 3.94. The van der Waals surface area contributed by atoms with Crippen molar-refractivity contribution in [2.75, 3.05) is 0 Å². The zero-order chi connectivity index (χ0) is 41.7. The minimum Gasteiger partial charge on any atom is -0.455 e. The first-order valence-corrected chi connectivity index (χ1v) is 23.6. The van der Waals surface area contributed by atoms with Crippen molar-refractivity contribution in [3.05, 3.63) is 243 Å². The highest BCUT2D eigenvalue weighted by atomic mass is 28.3. The van der Waals surface area contributed by atoms with Crippen LogP contribution in [0.4, 0.5) is 0 Å². The molecule has 2 nitrogen and oxygen atoms in total. The van der Waals surface area contributed by atoms with E-state index in [1.807, 2.05) is 12.1 Å². The maximum atomic E-state index is 6.75. The van der Waals surface area contributed by atoms with Gasteiger partial charge in [-0.2, -0.15) is 0 Å². The van der Waals surface area contributed by atoms with Crippen molar-refractivity contribution in [3.63, 3.8) is 0 Å². The maximum absolute atomic E-state index is 6.75. The third-order valence-corrected chi connectivity index (χ3v) is 17.5. The Hall–Kier alpha value is -7.98. The van der Waals surface area contributed by atoms with Crippen molar-refractivity contribution in [1.29, 1.82) is 0 Å². The summed E-state index contributed by atoms with van der Waals surface area (Å²) in [4.78, 5) is 0. The molecule has 0 spiro atoms. The predicted molar refractivity (Wildman–Crippen MR) is 266 cm³/mol. The van der Waals surface area contributed by atoms with E-state index in [9.17, 15) is 0 Å². The summed E-state index contributed by atoms with van der Waals surface area (Å²) in [7, 11) is -3.22. The number of fused-ring (bicyclic) bond motifs is 6. The highest BCUT2D eigenvalue weighted by Gasteiger charge is 2.42. The monoisotopic (exact) mass is 820 g/mol. The van der Waals surface area contributed by atoms with Crippen molar-refractivity contribution < 1.29 is 8.83 Å². The SMILES string of the molecule is c1ccc(-c2cc(-c3cccc4c3oc3ccccc34)cc([Si](c3ccccc3)(c3ccccc3)c3cc(-c4ccccc4)cc(-c4cccc5c4oc4ccccc45)c3)c2)cc1. The summed E-state index contributed by atoms with van der Waals surface area (Å²) in [6, 6.07) is 88.5. The Morgan fingerprint density at radius 1 is 0.238 bits per heavy atom. The molecule has 2 aromatic heterocycles. The summed E-state index contributed by atoms with van der Waals surface area (Å²) >= 11 is 0. The van der Waals surface area contributed by atoms with Crippen molar-refractivity contribution in [2.45, 2.75) is 0 Å². The van der Waals surface area contributed by atoms with E-state index in [1.54, 1.807) is 0 Å². The molecule has 296 valence electrons. The van der Waals surface area contributed by atoms with Gasteiger partial charge in [0.1, 0.15) is 22.3 Å². The smallest absolute Gasteiger partial charge is 0.179 e. The summed E-state index contributed by atoms with van der Waals surface area (Å²) in [5.74, 6) is 0.